The highest BCUT2D eigenvalue weighted by Gasteiger charge is 2.41. The van der Waals surface area contributed by atoms with Gasteiger partial charge < -0.3 is 50.2 Å². The lowest BCUT2D eigenvalue weighted by atomic mass is 9.90. The van der Waals surface area contributed by atoms with Crippen LogP contribution in [-0.4, -0.2) is 152 Å². The van der Waals surface area contributed by atoms with E-state index in [2.05, 4.69) is 27.3 Å². The third-order valence-corrected chi connectivity index (χ3v) is 13.5. The Morgan fingerprint density at radius 2 is 1.61 bits per heavy atom. The largest absolute Gasteiger partial charge is 0.456 e. The Morgan fingerprint density at radius 1 is 0.973 bits per heavy atom. The summed E-state index contributed by atoms with van der Waals surface area (Å²) in [7, 11) is 6.31. The topological polar surface area (TPSA) is 246 Å². The number of carbonyl (C=O) groups is 8. The molecule has 0 saturated heterocycles. The van der Waals surface area contributed by atoms with Crippen molar-refractivity contribution in [1.82, 2.24) is 36.0 Å². The van der Waals surface area contributed by atoms with E-state index in [0.717, 1.165) is 37.1 Å². The molecular formula is C55H86N8O11. The average Bonchev–Trinajstić information content (AvgIpc) is 3.36. The van der Waals surface area contributed by atoms with Crippen molar-refractivity contribution in [1.29, 1.82) is 5.26 Å². The summed E-state index contributed by atoms with van der Waals surface area (Å²) in [6.45, 7) is 19.2. The third-order valence-electron chi connectivity index (χ3n) is 13.5. The number of hydrogen-bond acceptors (Lipinski definition) is 13. The summed E-state index contributed by atoms with van der Waals surface area (Å²) in [5.74, 6) is -6.40. The number of rotatable bonds is 15. The number of carbonyl (C=O) groups excluding carboxylic acids is 8. The first kappa shape index (κ1) is 63.8. The molecule has 1 heterocycles. The minimum atomic E-state index is -1.66. The van der Waals surface area contributed by atoms with Gasteiger partial charge in [-0.2, -0.15) is 5.26 Å². The fourth-order valence-electron chi connectivity index (χ4n) is 8.22. The molecule has 8 atom stereocenters. The number of allylic oxidation sites excluding steroid dienone is 1. The zero-order valence-corrected chi connectivity index (χ0v) is 46.7. The lowest BCUT2D eigenvalue weighted by molar-refractivity contribution is -0.160. The SMILES string of the molecule is C/C=C(\C)C1OC(=O)C(C)(C)NC(=O)C([C@H](C)CC)NC(=O)CN(C)C(=O)C(Cc2ccc(C#N)cc2)N(C)C(=O)C(C)NC(=O)C(CC(C)C)OC(=O)C(C)=CCC(OC(=O)N(C)CCCCCCNC)C1C. The van der Waals surface area contributed by atoms with Crippen LogP contribution in [0, 0.1) is 29.1 Å². The second-order valence-electron chi connectivity index (χ2n) is 20.7. The number of benzene rings is 1. The van der Waals surface area contributed by atoms with Crippen LogP contribution in [0.3, 0.4) is 0 Å². The Balaban J connectivity index is 2.76. The summed E-state index contributed by atoms with van der Waals surface area (Å²) < 4.78 is 18.2. The second-order valence-corrected chi connectivity index (χ2v) is 20.7. The van der Waals surface area contributed by atoms with Crippen molar-refractivity contribution in [2.45, 2.75) is 170 Å². The van der Waals surface area contributed by atoms with Gasteiger partial charge in [-0.3, -0.25) is 24.0 Å². The number of amides is 6. The van der Waals surface area contributed by atoms with E-state index in [4.69, 9.17) is 14.2 Å². The Bertz CT molecular complexity index is 2190. The number of cyclic esters (lactones) is 2. The van der Waals surface area contributed by atoms with Crippen LogP contribution in [-0.2, 0) is 54.2 Å². The van der Waals surface area contributed by atoms with Gasteiger partial charge in [0.15, 0.2) is 6.10 Å². The quantitative estimate of drug-likeness (QED) is 0.0750. The van der Waals surface area contributed by atoms with E-state index in [1.165, 1.54) is 57.7 Å². The molecule has 412 valence electrons. The van der Waals surface area contributed by atoms with Crippen LogP contribution < -0.4 is 21.3 Å². The molecule has 7 unspecified atom stereocenters. The van der Waals surface area contributed by atoms with Gasteiger partial charge in [-0.25, -0.2) is 14.4 Å². The van der Waals surface area contributed by atoms with Crippen LogP contribution >= 0.6 is 0 Å². The van der Waals surface area contributed by atoms with Gasteiger partial charge in [0.25, 0.3) is 5.91 Å². The molecule has 0 aromatic heterocycles. The lowest BCUT2D eigenvalue weighted by Gasteiger charge is -2.35. The Labute approximate surface area is 439 Å². The first-order valence-corrected chi connectivity index (χ1v) is 25.9. The molecular weight excluding hydrogens is 949 g/mol. The number of nitrogens with one attached hydrogen (secondary N) is 4. The van der Waals surface area contributed by atoms with Crippen molar-refractivity contribution >= 4 is 47.6 Å². The van der Waals surface area contributed by atoms with Gasteiger partial charge in [-0.05, 0) is 110 Å². The van der Waals surface area contributed by atoms with Gasteiger partial charge in [0.2, 0.25) is 23.6 Å². The second kappa shape index (κ2) is 30.8. The molecule has 6 amide bonds. The summed E-state index contributed by atoms with van der Waals surface area (Å²) in [6, 6.07) is 4.89. The summed E-state index contributed by atoms with van der Waals surface area (Å²) in [5.41, 5.74) is 0.0178. The highest BCUT2D eigenvalue weighted by molar-refractivity contribution is 5.96. The van der Waals surface area contributed by atoms with Crippen molar-refractivity contribution in [2.24, 2.45) is 17.8 Å². The maximum Gasteiger partial charge on any atom is 0.409 e. The molecule has 0 aliphatic carbocycles. The maximum absolute atomic E-state index is 14.4. The van der Waals surface area contributed by atoms with Crippen LogP contribution in [0.2, 0.25) is 0 Å². The predicted molar refractivity (Wildman–Crippen MR) is 282 cm³/mol. The van der Waals surface area contributed by atoms with Gasteiger partial charge in [0, 0.05) is 52.0 Å². The standard InChI is InChI=1S/C55H86N8O11/c1-16-35(5)46-49(66)60-55(10,11)53(70)74-47(36(6)17-2)38(8)43(73-54(71)61(13)29-21-19-18-20-28-57-12)27-22-37(7)52(69)72-44(30-34(3)4)48(65)58-39(9)50(67)63(15)42(51(68)62(14)33-45(64)59-46)31-40-23-25-41(32-56)26-24-40/h17,22-26,34-35,38-39,42-44,46-47,57H,16,18-21,27-31,33H2,1-15H3,(H,58,65)(H,59,64)(H,60,66)/b36-17+,37-22?/t35-,38?,39?,42?,43?,44?,46?,47?/m1/s1. The maximum atomic E-state index is 14.4. The van der Waals surface area contributed by atoms with Crippen molar-refractivity contribution in [3.05, 3.63) is 58.7 Å². The number of esters is 2. The van der Waals surface area contributed by atoms with E-state index >= 15 is 0 Å². The van der Waals surface area contributed by atoms with Crippen molar-refractivity contribution in [3.63, 3.8) is 0 Å². The molecule has 0 bridgehead atoms. The van der Waals surface area contributed by atoms with E-state index in [0.29, 0.717) is 29.7 Å². The highest BCUT2D eigenvalue weighted by atomic mass is 16.6. The Morgan fingerprint density at radius 3 is 2.19 bits per heavy atom. The molecule has 19 heteroatoms. The predicted octanol–water partition coefficient (Wildman–Crippen LogP) is 5.36. The molecule has 1 aromatic carbocycles. The third kappa shape index (κ3) is 19.9. The van der Waals surface area contributed by atoms with E-state index < -0.39 is 108 Å². The molecule has 1 aromatic rings. The van der Waals surface area contributed by atoms with Crippen molar-refractivity contribution < 1.29 is 52.6 Å². The van der Waals surface area contributed by atoms with Gasteiger partial charge >= 0.3 is 18.0 Å². The molecule has 2 rings (SSSR count). The molecule has 0 radical (unpaired) electrons. The van der Waals surface area contributed by atoms with Crippen LogP contribution in [0.5, 0.6) is 0 Å². The normalized spacial score (nSPS) is 24.1. The molecule has 4 N–H and O–H groups in total. The van der Waals surface area contributed by atoms with Crippen LogP contribution in [0.4, 0.5) is 4.79 Å². The van der Waals surface area contributed by atoms with Crippen LogP contribution in [0.1, 0.15) is 132 Å². The van der Waals surface area contributed by atoms with Gasteiger partial charge in [-0.15, -0.1) is 0 Å². The van der Waals surface area contributed by atoms with Gasteiger partial charge in [-0.1, -0.05) is 78.2 Å². The average molecular weight is 1040 g/mol. The number of unbranched alkanes of at least 4 members (excludes halogenated alkanes) is 3. The Hall–Kier alpha value is -6.29. The first-order valence-electron chi connectivity index (χ1n) is 25.9. The minimum absolute atomic E-state index is 0.0381. The first-order chi connectivity index (χ1) is 34.7. The van der Waals surface area contributed by atoms with Crippen LogP contribution in [0.15, 0.2) is 47.6 Å². The minimum Gasteiger partial charge on any atom is -0.456 e. The van der Waals surface area contributed by atoms with Gasteiger partial charge in [0.1, 0.15) is 35.9 Å². The molecule has 19 nitrogen and oxygen atoms in total. The van der Waals surface area contributed by atoms with E-state index in [-0.39, 0.29) is 30.8 Å². The van der Waals surface area contributed by atoms with E-state index in [1.54, 1.807) is 65.1 Å². The fourth-order valence-corrected chi connectivity index (χ4v) is 8.22. The zero-order valence-electron chi connectivity index (χ0n) is 46.7. The lowest BCUT2D eigenvalue weighted by Crippen LogP contribution is -2.60. The number of nitrogens with zero attached hydrogens (tertiary/aromatic N) is 4. The summed E-state index contributed by atoms with van der Waals surface area (Å²) in [5, 5.41) is 20.7. The highest BCUT2D eigenvalue weighted by Crippen LogP contribution is 2.28. The van der Waals surface area contributed by atoms with Crippen molar-refractivity contribution in [2.75, 3.05) is 47.8 Å². The zero-order chi connectivity index (χ0) is 56.0. The van der Waals surface area contributed by atoms with Gasteiger partial charge in [0.05, 0.1) is 18.2 Å². The van der Waals surface area contributed by atoms with Crippen LogP contribution in [0.25, 0.3) is 0 Å². The molecule has 0 fully saturated rings. The number of hydrogen-bond donors (Lipinski definition) is 4. The molecule has 0 saturated carbocycles. The summed E-state index contributed by atoms with van der Waals surface area (Å²) >= 11 is 0. The summed E-state index contributed by atoms with van der Waals surface area (Å²) in [6.07, 6.45) is 3.44. The monoisotopic (exact) mass is 1030 g/mol. The number of nitriles is 1. The van der Waals surface area contributed by atoms with E-state index in [9.17, 15) is 43.6 Å². The Kier molecular flexibility index (Phi) is 26.6. The van der Waals surface area contributed by atoms with E-state index in [1.807, 2.05) is 27.8 Å². The number of ether oxygens (including phenoxy) is 3. The molecule has 74 heavy (non-hydrogen) atoms. The van der Waals surface area contributed by atoms with Crippen molar-refractivity contribution in [3.8, 4) is 6.07 Å². The molecule has 0 spiro atoms. The summed E-state index contributed by atoms with van der Waals surface area (Å²) in [4.78, 5) is 116. The fraction of sp³-hybridized carbons (Fsp3) is 0.655. The molecule has 1 aliphatic heterocycles. The molecule has 1 aliphatic rings. The number of likely N-dealkylation sites (N-methyl/N-ethyl adjacent to an activating group) is 2. The smallest absolute Gasteiger partial charge is 0.409 e.